The van der Waals surface area contributed by atoms with E-state index in [4.69, 9.17) is 4.74 Å². The zero-order valence-corrected chi connectivity index (χ0v) is 12.0. The van der Waals surface area contributed by atoms with E-state index in [0.29, 0.717) is 23.4 Å². The van der Waals surface area contributed by atoms with E-state index in [9.17, 15) is 9.59 Å². The minimum Gasteiger partial charge on any atom is -0.377 e. The molecule has 1 N–H and O–H groups in total. The van der Waals surface area contributed by atoms with Crippen LogP contribution in [0, 0.1) is 0 Å². The van der Waals surface area contributed by atoms with E-state index in [2.05, 4.69) is 26.2 Å². The second-order valence-electron chi connectivity index (χ2n) is 4.05. The highest BCUT2D eigenvalue weighted by Gasteiger charge is 2.33. The Bertz CT molecular complexity index is 495. The molecule has 0 bridgehead atoms. The Morgan fingerprint density at radius 1 is 1.53 bits per heavy atom. The van der Waals surface area contributed by atoms with E-state index < -0.39 is 6.04 Å². The summed E-state index contributed by atoms with van der Waals surface area (Å²) in [6.45, 7) is 1.01. The first-order valence-electron chi connectivity index (χ1n) is 5.86. The molecule has 1 fully saturated rings. The van der Waals surface area contributed by atoms with Gasteiger partial charge >= 0.3 is 0 Å². The molecule has 1 aromatic rings. The highest BCUT2D eigenvalue weighted by atomic mass is 79.9. The van der Waals surface area contributed by atoms with Crippen molar-refractivity contribution in [3.63, 3.8) is 0 Å². The monoisotopic (exact) mass is 327 g/mol. The van der Waals surface area contributed by atoms with Crippen LogP contribution in [0.2, 0.25) is 0 Å². The molecule has 1 aliphatic heterocycles. The SMILES string of the molecule is CNC(=O)C1COCCN1C(=O)c1cccc(Br)n1. The number of pyridine rings is 1. The van der Waals surface area contributed by atoms with Crippen molar-refractivity contribution in [3.05, 3.63) is 28.5 Å². The van der Waals surface area contributed by atoms with Gasteiger partial charge < -0.3 is 15.0 Å². The van der Waals surface area contributed by atoms with Gasteiger partial charge in [0.1, 0.15) is 16.3 Å². The number of nitrogens with zero attached hydrogens (tertiary/aromatic N) is 2. The fraction of sp³-hybridized carbons (Fsp3) is 0.417. The van der Waals surface area contributed by atoms with Crippen molar-refractivity contribution in [2.24, 2.45) is 0 Å². The van der Waals surface area contributed by atoms with E-state index in [1.54, 1.807) is 18.2 Å². The second kappa shape index (κ2) is 6.12. The molecule has 0 radical (unpaired) electrons. The molecular formula is C12H14BrN3O3. The lowest BCUT2D eigenvalue weighted by Gasteiger charge is -2.34. The number of ether oxygens (including phenoxy) is 1. The number of aromatic nitrogens is 1. The van der Waals surface area contributed by atoms with Gasteiger partial charge in [0.05, 0.1) is 13.2 Å². The van der Waals surface area contributed by atoms with E-state index in [0.717, 1.165) is 0 Å². The number of hydrogen-bond donors (Lipinski definition) is 1. The van der Waals surface area contributed by atoms with Crippen molar-refractivity contribution in [1.29, 1.82) is 0 Å². The van der Waals surface area contributed by atoms with Crippen molar-refractivity contribution >= 4 is 27.7 Å². The van der Waals surface area contributed by atoms with Gasteiger partial charge in [-0.2, -0.15) is 0 Å². The third-order valence-corrected chi connectivity index (χ3v) is 3.31. The molecule has 19 heavy (non-hydrogen) atoms. The summed E-state index contributed by atoms with van der Waals surface area (Å²) in [5.74, 6) is -0.499. The summed E-state index contributed by atoms with van der Waals surface area (Å²) in [6, 6.07) is 4.50. The van der Waals surface area contributed by atoms with Gasteiger partial charge in [0.15, 0.2) is 0 Å². The second-order valence-corrected chi connectivity index (χ2v) is 4.86. The third-order valence-electron chi connectivity index (χ3n) is 2.87. The van der Waals surface area contributed by atoms with Crippen LogP contribution < -0.4 is 5.32 Å². The number of carbonyl (C=O) groups excluding carboxylic acids is 2. The number of rotatable bonds is 2. The number of morpholine rings is 1. The van der Waals surface area contributed by atoms with Gasteiger partial charge in [0.25, 0.3) is 5.91 Å². The van der Waals surface area contributed by atoms with Crippen LogP contribution in [-0.4, -0.2) is 54.5 Å². The normalized spacial score (nSPS) is 19.1. The van der Waals surface area contributed by atoms with Crippen LogP contribution in [0.4, 0.5) is 0 Å². The van der Waals surface area contributed by atoms with Crippen LogP contribution in [0.25, 0.3) is 0 Å². The molecule has 102 valence electrons. The highest BCUT2D eigenvalue weighted by Crippen LogP contribution is 2.13. The lowest BCUT2D eigenvalue weighted by molar-refractivity contribution is -0.130. The summed E-state index contributed by atoms with van der Waals surface area (Å²) in [5.41, 5.74) is 0.310. The summed E-state index contributed by atoms with van der Waals surface area (Å²) in [6.07, 6.45) is 0. The van der Waals surface area contributed by atoms with Crippen LogP contribution in [0.5, 0.6) is 0 Å². The average molecular weight is 328 g/mol. The molecule has 2 amide bonds. The molecule has 1 aromatic heterocycles. The zero-order valence-electron chi connectivity index (χ0n) is 10.4. The molecule has 1 saturated heterocycles. The van der Waals surface area contributed by atoms with Gasteiger partial charge in [-0.3, -0.25) is 9.59 Å². The molecule has 2 heterocycles. The van der Waals surface area contributed by atoms with Gasteiger partial charge in [-0.25, -0.2) is 4.98 Å². The first-order valence-corrected chi connectivity index (χ1v) is 6.65. The molecule has 2 rings (SSSR count). The molecule has 1 aliphatic rings. The number of nitrogens with one attached hydrogen (secondary N) is 1. The Morgan fingerprint density at radius 2 is 2.32 bits per heavy atom. The maximum Gasteiger partial charge on any atom is 0.273 e. The summed E-state index contributed by atoms with van der Waals surface area (Å²) < 4.78 is 5.85. The van der Waals surface area contributed by atoms with E-state index in [-0.39, 0.29) is 18.4 Å². The maximum absolute atomic E-state index is 12.4. The van der Waals surface area contributed by atoms with E-state index in [1.165, 1.54) is 11.9 Å². The smallest absolute Gasteiger partial charge is 0.273 e. The van der Waals surface area contributed by atoms with Crippen molar-refractivity contribution in [1.82, 2.24) is 15.2 Å². The largest absolute Gasteiger partial charge is 0.377 e. The van der Waals surface area contributed by atoms with Gasteiger partial charge in [-0.05, 0) is 28.1 Å². The lowest BCUT2D eigenvalue weighted by atomic mass is 10.2. The molecule has 0 aromatic carbocycles. The van der Waals surface area contributed by atoms with Gasteiger partial charge in [0.2, 0.25) is 5.91 Å². The standard InChI is InChI=1S/C12H14BrN3O3/c1-14-11(17)9-7-19-6-5-16(9)12(18)8-3-2-4-10(13)15-8/h2-4,9H,5-7H2,1H3,(H,14,17). The van der Waals surface area contributed by atoms with E-state index in [1.807, 2.05) is 0 Å². The highest BCUT2D eigenvalue weighted by molar-refractivity contribution is 9.10. The number of hydrogen-bond acceptors (Lipinski definition) is 4. The first kappa shape index (κ1) is 14.0. The molecule has 1 unspecified atom stereocenters. The molecule has 0 spiro atoms. The Labute approximate surface area is 119 Å². The summed E-state index contributed by atoms with van der Waals surface area (Å²) in [4.78, 5) is 29.8. The van der Waals surface area contributed by atoms with Gasteiger partial charge in [-0.1, -0.05) is 6.07 Å². The summed E-state index contributed by atoms with van der Waals surface area (Å²) in [7, 11) is 1.54. The number of carbonyl (C=O) groups is 2. The predicted octanol–water partition coefficient (Wildman–Crippen LogP) is 0.431. The van der Waals surface area contributed by atoms with Crippen LogP contribution in [0.1, 0.15) is 10.5 Å². The molecule has 6 nitrogen and oxygen atoms in total. The Kier molecular flexibility index (Phi) is 4.49. The van der Waals surface area contributed by atoms with Crippen molar-refractivity contribution in [2.75, 3.05) is 26.8 Å². The van der Waals surface area contributed by atoms with Crippen molar-refractivity contribution in [2.45, 2.75) is 6.04 Å². The predicted molar refractivity (Wildman–Crippen MR) is 71.6 cm³/mol. The quantitative estimate of drug-likeness (QED) is 0.800. The van der Waals surface area contributed by atoms with Gasteiger partial charge in [0, 0.05) is 13.6 Å². The van der Waals surface area contributed by atoms with Crippen LogP contribution >= 0.6 is 15.9 Å². The first-order chi connectivity index (χ1) is 9.13. The summed E-state index contributed by atoms with van der Waals surface area (Å²) >= 11 is 3.23. The molecule has 0 saturated carbocycles. The average Bonchev–Trinajstić information content (AvgIpc) is 2.45. The maximum atomic E-state index is 12.4. The minimum absolute atomic E-state index is 0.208. The molecule has 0 aliphatic carbocycles. The third kappa shape index (κ3) is 3.10. The minimum atomic E-state index is -0.605. The van der Waals surface area contributed by atoms with Gasteiger partial charge in [-0.15, -0.1) is 0 Å². The Balaban J connectivity index is 2.22. The fourth-order valence-electron chi connectivity index (χ4n) is 1.91. The Morgan fingerprint density at radius 3 is 3.00 bits per heavy atom. The zero-order chi connectivity index (χ0) is 13.8. The van der Waals surface area contributed by atoms with E-state index >= 15 is 0 Å². The van der Waals surface area contributed by atoms with Crippen LogP contribution in [-0.2, 0) is 9.53 Å². The Hall–Kier alpha value is -1.47. The fourth-order valence-corrected chi connectivity index (χ4v) is 2.25. The van der Waals surface area contributed by atoms with Crippen molar-refractivity contribution in [3.8, 4) is 0 Å². The number of halogens is 1. The van der Waals surface area contributed by atoms with Crippen LogP contribution in [0.15, 0.2) is 22.8 Å². The molecular weight excluding hydrogens is 314 g/mol. The summed E-state index contributed by atoms with van der Waals surface area (Å²) in [5, 5.41) is 2.54. The number of likely N-dealkylation sites (N-methyl/N-ethyl adjacent to an activating group) is 1. The van der Waals surface area contributed by atoms with Crippen LogP contribution in [0.3, 0.4) is 0 Å². The number of amides is 2. The molecule has 7 heteroatoms. The van der Waals surface area contributed by atoms with Crippen molar-refractivity contribution < 1.29 is 14.3 Å². The topological polar surface area (TPSA) is 71.5 Å². The molecule has 1 atom stereocenters. The lowest BCUT2D eigenvalue weighted by Crippen LogP contribution is -2.55.